The van der Waals surface area contributed by atoms with Gasteiger partial charge in [0.25, 0.3) is 0 Å². The van der Waals surface area contributed by atoms with Crippen LogP contribution in [0.5, 0.6) is 0 Å². The van der Waals surface area contributed by atoms with Gasteiger partial charge in [0, 0.05) is 109 Å². The second-order valence-corrected chi connectivity index (χ2v) is 23.3. The molecule has 12 heterocycles. The lowest BCUT2D eigenvalue weighted by Crippen LogP contribution is -2.02. The first kappa shape index (κ1) is 50.2. The van der Waals surface area contributed by atoms with Crippen LogP contribution in [0.25, 0.3) is 187 Å². The summed E-state index contributed by atoms with van der Waals surface area (Å²) in [5.41, 5.74) is 16.5. The van der Waals surface area contributed by atoms with E-state index in [-0.39, 0.29) is 0 Å². The van der Waals surface area contributed by atoms with Crippen molar-refractivity contribution in [2.75, 3.05) is 0 Å². The van der Waals surface area contributed by atoms with Crippen molar-refractivity contribution in [1.82, 2.24) is 63.1 Å². The second kappa shape index (κ2) is 19.3. The maximum Gasteiger partial charge on any atom is 0.235 e. The molecule has 0 N–H and O–H groups in total. The highest BCUT2D eigenvalue weighted by atomic mass is 15.2. The van der Waals surface area contributed by atoms with E-state index in [0.717, 1.165) is 143 Å². The second-order valence-electron chi connectivity index (χ2n) is 23.3. The van der Waals surface area contributed by atoms with Gasteiger partial charge in [-0.1, -0.05) is 121 Å². The summed E-state index contributed by atoms with van der Waals surface area (Å²) in [4.78, 5) is 44.4. The predicted octanol–water partition coefficient (Wildman–Crippen LogP) is 18.4. The van der Waals surface area contributed by atoms with Crippen LogP contribution in [0.3, 0.4) is 0 Å². The molecular formula is C79H45N13. The molecule has 0 radical (unpaired) electrons. The Kier molecular flexibility index (Phi) is 10.5. The van der Waals surface area contributed by atoms with Gasteiger partial charge in [-0.3, -0.25) is 39.0 Å². The van der Waals surface area contributed by atoms with E-state index < -0.39 is 0 Å². The Labute approximate surface area is 521 Å². The molecule has 0 aliphatic rings. The molecule has 0 saturated heterocycles. The Balaban J connectivity index is 0.000000128. The first-order valence-electron chi connectivity index (χ1n) is 30.6. The van der Waals surface area contributed by atoms with Gasteiger partial charge >= 0.3 is 0 Å². The third-order valence-corrected chi connectivity index (χ3v) is 18.6. The molecule has 0 fully saturated rings. The van der Waals surface area contributed by atoms with E-state index >= 15 is 0 Å². The van der Waals surface area contributed by atoms with Crippen molar-refractivity contribution in [1.29, 1.82) is 0 Å². The van der Waals surface area contributed by atoms with E-state index in [4.69, 9.17) is 39.9 Å². The Morgan fingerprint density at radius 1 is 0.261 bits per heavy atom. The first-order chi connectivity index (χ1) is 45.7. The average Bonchev–Trinajstić information content (AvgIpc) is 1.53. The van der Waals surface area contributed by atoms with Crippen molar-refractivity contribution in [2.24, 2.45) is 0 Å². The van der Waals surface area contributed by atoms with Gasteiger partial charge in [-0.25, -0.2) is 15.0 Å². The molecule has 426 valence electrons. The summed E-state index contributed by atoms with van der Waals surface area (Å²) in [5.74, 6) is 0.649. The molecule has 12 aromatic heterocycles. The number of nitrogens with zero attached hydrogens (tertiary/aromatic N) is 13. The number of rotatable bonds is 4. The van der Waals surface area contributed by atoms with Crippen molar-refractivity contribution >= 4 is 164 Å². The van der Waals surface area contributed by atoms with Crippen LogP contribution in [-0.2, 0) is 0 Å². The molecule has 0 bridgehead atoms. The lowest BCUT2D eigenvalue weighted by atomic mass is 9.99. The van der Waals surface area contributed by atoms with E-state index in [2.05, 4.69) is 205 Å². The van der Waals surface area contributed by atoms with Gasteiger partial charge in [0.15, 0.2) is 0 Å². The minimum Gasteiger partial charge on any atom is -0.306 e. The van der Waals surface area contributed by atoms with Crippen molar-refractivity contribution < 1.29 is 0 Å². The largest absolute Gasteiger partial charge is 0.306 e. The lowest BCUT2D eigenvalue weighted by molar-refractivity contribution is 1.01. The Hall–Kier alpha value is -12.9. The lowest BCUT2D eigenvalue weighted by Gasteiger charge is -2.14. The zero-order valence-corrected chi connectivity index (χ0v) is 48.8. The highest BCUT2D eigenvalue weighted by molar-refractivity contribution is 6.37. The van der Waals surface area contributed by atoms with Gasteiger partial charge in [-0.2, -0.15) is 0 Å². The molecule has 0 saturated carbocycles. The van der Waals surface area contributed by atoms with Gasteiger partial charge in [-0.05, 0) is 124 Å². The quantitative estimate of drug-likeness (QED) is 0.158. The van der Waals surface area contributed by atoms with Crippen molar-refractivity contribution in [2.45, 2.75) is 0 Å². The van der Waals surface area contributed by atoms with E-state index in [1.165, 1.54) is 37.7 Å². The van der Waals surface area contributed by atoms with Gasteiger partial charge in [0.1, 0.15) is 5.65 Å². The van der Waals surface area contributed by atoms with E-state index in [0.29, 0.717) is 5.95 Å². The van der Waals surface area contributed by atoms with Crippen LogP contribution in [0.4, 0.5) is 0 Å². The summed E-state index contributed by atoms with van der Waals surface area (Å²) in [6.07, 6.45) is 16.8. The fourth-order valence-corrected chi connectivity index (χ4v) is 14.8. The highest BCUT2D eigenvalue weighted by Crippen LogP contribution is 2.49. The summed E-state index contributed by atoms with van der Waals surface area (Å²) < 4.78 is 9.17. The minimum atomic E-state index is 0.649. The SMILES string of the molecule is c1ccc2cc(-n3c4ncccc4c4c5c(c6ccccc6c43)c3ccccc3n5-c3ncc4c(ccc5ccccc54)n3)ccc2c1.c1cncc(-n2c3cccnc3c3c2c2ncccc2c2c4ncccc4n(-c4ccnc5c4ccc4cccnc45)c23)c1. The van der Waals surface area contributed by atoms with E-state index in [1.54, 1.807) is 6.20 Å². The minimum absolute atomic E-state index is 0.649. The van der Waals surface area contributed by atoms with Crippen LogP contribution >= 0.6 is 0 Å². The average molecular weight is 1180 g/mol. The Morgan fingerprint density at radius 2 is 0.880 bits per heavy atom. The standard InChI is InChI=1S/C43H25N5.C36H20N8/c1-2-12-28-24-29(21-19-26(28)10-1)47-40-32-15-6-5-14-31(32)38-33-16-7-8-18-37(33)48(41(38)39(40)34-17-9-23-44-42(34)47)43-45-25-35-30-13-4-3-11-27(30)20-22-36(35)46-43;1-6-21-11-12-23-25(13-19-42-31(23)30(21)38-15-1)44-27-10-5-17-40-33(27)28-24-8-3-16-39-32(24)36-29(35(28)44)34-26(9-4-18-41-34)43(36)22-7-2-14-37-20-22/h1-25H;1-20H. The van der Waals surface area contributed by atoms with E-state index in [1.807, 2.05) is 86.0 Å². The van der Waals surface area contributed by atoms with Crippen LogP contribution in [0.2, 0.25) is 0 Å². The van der Waals surface area contributed by atoms with Crippen LogP contribution < -0.4 is 0 Å². The van der Waals surface area contributed by atoms with Gasteiger partial charge < -0.3 is 9.13 Å². The fourth-order valence-electron chi connectivity index (χ4n) is 14.8. The molecule has 0 amide bonds. The van der Waals surface area contributed by atoms with Crippen molar-refractivity contribution in [3.8, 4) is 23.0 Å². The Bertz CT molecular complexity index is 6720. The topological polar surface area (TPSA) is 136 Å². The molecule has 9 aromatic carbocycles. The van der Waals surface area contributed by atoms with E-state index in [9.17, 15) is 0 Å². The number of hydrogen-bond acceptors (Lipinski definition) is 9. The number of para-hydroxylation sites is 1. The molecule has 21 aromatic rings. The summed E-state index contributed by atoms with van der Waals surface area (Å²) in [7, 11) is 0. The van der Waals surface area contributed by atoms with Crippen LogP contribution in [0.15, 0.2) is 274 Å². The molecule has 0 aliphatic carbocycles. The molecule has 0 unspecified atom stereocenters. The highest BCUT2D eigenvalue weighted by Gasteiger charge is 2.29. The first-order valence-corrected chi connectivity index (χ1v) is 30.6. The summed E-state index contributed by atoms with van der Waals surface area (Å²) in [5, 5.41) is 17.9. The molecule has 0 atom stereocenters. The number of hydrogen-bond donors (Lipinski definition) is 0. The van der Waals surface area contributed by atoms with Gasteiger partial charge in [0.05, 0.1) is 94.7 Å². The zero-order chi connectivity index (χ0) is 60.1. The molecule has 21 rings (SSSR count). The molecule has 0 spiro atoms. The molecule has 13 nitrogen and oxygen atoms in total. The molecular weight excluding hydrogens is 1130 g/mol. The van der Waals surface area contributed by atoms with Crippen LogP contribution in [0.1, 0.15) is 0 Å². The summed E-state index contributed by atoms with van der Waals surface area (Å²) in [6, 6.07) is 76.3. The smallest absolute Gasteiger partial charge is 0.235 e. The third kappa shape index (κ3) is 7.03. The molecule has 92 heavy (non-hydrogen) atoms. The molecule has 13 heteroatoms. The normalized spacial score (nSPS) is 12.1. The number of fused-ring (bicyclic) bond motifs is 27. The number of pyridine rings is 7. The zero-order valence-electron chi connectivity index (χ0n) is 48.8. The maximum absolute atomic E-state index is 5.26. The van der Waals surface area contributed by atoms with Crippen LogP contribution in [-0.4, -0.2) is 63.1 Å². The predicted molar refractivity (Wildman–Crippen MR) is 373 cm³/mol. The molecule has 0 aliphatic heterocycles. The monoisotopic (exact) mass is 1180 g/mol. The fraction of sp³-hybridized carbons (Fsp3) is 0. The van der Waals surface area contributed by atoms with Gasteiger partial charge in [-0.15, -0.1) is 0 Å². The van der Waals surface area contributed by atoms with Gasteiger partial charge in [0.2, 0.25) is 5.95 Å². The maximum atomic E-state index is 5.26. The van der Waals surface area contributed by atoms with Crippen molar-refractivity contribution in [3.05, 3.63) is 274 Å². The van der Waals surface area contributed by atoms with Crippen molar-refractivity contribution in [3.63, 3.8) is 0 Å². The summed E-state index contributed by atoms with van der Waals surface area (Å²) >= 11 is 0. The number of aromatic nitrogens is 13. The Morgan fingerprint density at radius 3 is 1.73 bits per heavy atom. The van der Waals surface area contributed by atoms with Crippen LogP contribution in [0, 0.1) is 0 Å². The third-order valence-electron chi connectivity index (χ3n) is 18.6. The number of benzene rings is 9. The summed E-state index contributed by atoms with van der Waals surface area (Å²) in [6.45, 7) is 0.